The molecule has 0 heterocycles. The fourth-order valence-corrected chi connectivity index (χ4v) is 2.73. The first-order valence-electron chi connectivity index (χ1n) is 8.11. The van der Waals surface area contributed by atoms with Gasteiger partial charge in [0.25, 0.3) is 0 Å². The van der Waals surface area contributed by atoms with E-state index in [2.05, 4.69) is 15.9 Å². The Balaban J connectivity index is 2.93. The number of unbranched alkanes of at least 4 members (excludes halogenated alkanes) is 12. The first-order chi connectivity index (χ1) is 9.27. The minimum Gasteiger partial charge on any atom is -0.370 e. The van der Waals surface area contributed by atoms with Crippen LogP contribution in [0.1, 0.15) is 89.9 Å². The number of primary amides is 1. The van der Waals surface area contributed by atoms with Gasteiger partial charge >= 0.3 is 0 Å². The maximum Gasteiger partial charge on any atom is 0.217 e. The molecular weight excluding hydrogens is 302 g/mol. The summed E-state index contributed by atoms with van der Waals surface area (Å²) in [6.45, 7) is 0. The third-order valence-corrected chi connectivity index (χ3v) is 4.12. The van der Waals surface area contributed by atoms with Crippen molar-refractivity contribution < 1.29 is 4.79 Å². The van der Waals surface area contributed by atoms with Crippen molar-refractivity contribution in [2.24, 2.45) is 5.73 Å². The Morgan fingerprint density at radius 3 is 1.26 bits per heavy atom. The van der Waals surface area contributed by atoms with Gasteiger partial charge in [-0.2, -0.15) is 0 Å². The third-order valence-electron chi connectivity index (χ3n) is 3.56. The van der Waals surface area contributed by atoms with Crippen LogP contribution in [0.2, 0.25) is 0 Å². The summed E-state index contributed by atoms with van der Waals surface area (Å²) in [4.78, 5) is 10.5. The maximum absolute atomic E-state index is 10.5. The van der Waals surface area contributed by atoms with Crippen molar-refractivity contribution in [3.8, 4) is 0 Å². The minimum absolute atomic E-state index is 0.156. The van der Waals surface area contributed by atoms with Crippen LogP contribution in [0.3, 0.4) is 0 Å². The van der Waals surface area contributed by atoms with E-state index in [0.717, 1.165) is 18.2 Å². The third kappa shape index (κ3) is 17.9. The Morgan fingerprint density at radius 2 is 0.947 bits per heavy atom. The van der Waals surface area contributed by atoms with E-state index in [-0.39, 0.29) is 5.91 Å². The van der Waals surface area contributed by atoms with Gasteiger partial charge < -0.3 is 5.73 Å². The highest BCUT2D eigenvalue weighted by atomic mass is 79.9. The van der Waals surface area contributed by atoms with Crippen LogP contribution in [0.5, 0.6) is 0 Å². The van der Waals surface area contributed by atoms with Gasteiger partial charge in [-0.3, -0.25) is 4.79 Å². The molecule has 19 heavy (non-hydrogen) atoms. The number of carbonyl (C=O) groups is 1. The highest BCUT2D eigenvalue weighted by Gasteiger charge is 1.95. The van der Waals surface area contributed by atoms with Gasteiger partial charge in [0.1, 0.15) is 0 Å². The monoisotopic (exact) mass is 333 g/mol. The molecule has 0 bridgehead atoms. The molecule has 0 fully saturated rings. The number of nitrogens with two attached hydrogens (primary N) is 1. The van der Waals surface area contributed by atoms with E-state index in [4.69, 9.17) is 5.73 Å². The molecule has 0 aliphatic rings. The molecule has 0 rings (SSSR count). The number of amides is 1. The van der Waals surface area contributed by atoms with Crippen LogP contribution in [-0.2, 0) is 4.79 Å². The highest BCUT2D eigenvalue weighted by Crippen LogP contribution is 2.13. The molecule has 114 valence electrons. The number of alkyl halides is 1. The molecule has 0 aromatic carbocycles. The van der Waals surface area contributed by atoms with Gasteiger partial charge in [-0.15, -0.1) is 0 Å². The molecule has 3 heteroatoms. The van der Waals surface area contributed by atoms with Crippen molar-refractivity contribution in [3.63, 3.8) is 0 Å². The lowest BCUT2D eigenvalue weighted by Crippen LogP contribution is -2.09. The van der Waals surface area contributed by atoms with Gasteiger partial charge in [-0.25, -0.2) is 0 Å². The lowest BCUT2D eigenvalue weighted by atomic mass is 10.0. The van der Waals surface area contributed by atoms with Gasteiger partial charge in [-0.05, 0) is 12.8 Å². The van der Waals surface area contributed by atoms with E-state index in [1.165, 1.54) is 70.6 Å². The van der Waals surface area contributed by atoms with E-state index >= 15 is 0 Å². The molecule has 0 atom stereocenters. The van der Waals surface area contributed by atoms with Gasteiger partial charge in [0.2, 0.25) is 5.91 Å². The molecule has 2 N–H and O–H groups in total. The Labute approximate surface area is 128 Å². The van der Waals surface area contributed by atoms with Crippen LogP contribution in [0, 0.1) is 0 Å². The van der Waals surface area contributed by atoms with E-state index in [9.17, 15) is 4.79 Å². The van der Waals surface area contributed by atoms with E-state index < -0.39 is 0 Å². The second-order valence-electron chi connectivity index (χ2n) is 5.50. The van der Waals surface area contributed by atoms with E-state index in [1.54, 1.807) is 0 Å². The smallest absolute Gasteiger partial charge is 0.217 e. The average Bonchev–Trinajstić information content (AvgIpc) is 2.39. The number of hydrogen-bond donors (Lipinski definition) is 1. The largest absolute Gasteiger partial charge is 0.370 e. The van der Waals surface area contributed by atoms with Crippen LogP contribution >= 0.6 is 15.9 Å². The molecule has 0 aromatic heterocycles. The Morgan fingerprint density at radius 1 is 0.632 bits per heavy atom. The van der Waals surface area contributed by atoms with Crippen molar-refractivity contribution in [1.82, 2.24) is 0 Å². The highest BCUT2D eigenvalue weighted by molar-refractivity contribution is 9.09. The normalized spacial score (nSPS) is 10.8. The predicted octanol–water partition coefficient (Wildman–Crippen LogP) is 5.33. The zero-order valence-corrected chi connectivity index (χ0v) is 14.1. The second-order valence-corrected chi connectivity index (χ2v) is 6.29. The molecule has 0 aliphatic carbocycles. The van der Waals surface area contributed by atoms with Crippen LogP contribution in [0.25, 0.3) is 0 Å². The second kappa shape index (κ2) is 16.0. The summed E-state index contributed by atoms with van der Waals surface area (Å²) in [5, 5.41) is 1.16. The zero-order valence-electron chi connectivity index (χ0n) is 12.5. The number of hydrogen-bond acceptors (Lipinski definition) is 1. The van der Waals surface area contributed by atoms with Crippen LogP contribution in [0.15, 0.2) is 0 Å². The number of halogens is 1. The molecule has 0 saturated heterocycles. The van der Waals surface area contributed by atoms with Crippen molar-refractivity contribution in [3.05, 3.63) is 0 Å². The summed E-state index contributed by atoms with van der Waals surface area (Å²) < 4.78 is 0. The van der Waals surface area contributed by atoms with Crippen molar-refractivity contribution >= 4 is 21.8 Å². The van der Waals surface area contributed by atoms with Gasteiger partial charge in [0.05, 0.1) is 0 Å². The fraction of sp³-hybridized carbons (Fsp3) is 0.938. The van der Waals surface area contributed by atoms with Crippen LogP contribution in [0.4, 0.5) is 0 Å². The van der Waals surface area contributed by atoms with Crippen LogP contribution < -0.4 is 5.73 Å². The molecule has 0 aliphatic heterocycles. The van der Waals surface area contributed by atoms with Crippen LogP contribution in [-0.4, -0.2) is 11.2 Å². The minimum atomic E-state index is -0.156. The fourth-order valence-electron chi connectivity index (χ4n) is 2.34. The van der Waals surface area contributed by atoms with E-state index in [1.807, 2.05) is 0 Å². The molecule has 2 nitrogen and oxygen atoms in total. The maximum atomic E-state index is 10.5. The predicted molar refractivity (Wildman–Crippen MR) is 87.6 cm³/mol. The van der Waals surface area contributed by atoms with Crippen molar-refractivity contribution in [2.75, 3.05) is 5.33 Å². The summed E-state index contributed by atoms with van der Waals surface area (Å²) >= 11 is 3.47. The summed E-state index contributed by atoms with van der Waals surface area (Å²) in [6.07, 6.45) is 17.8. The van der Waals surface area contributed by atoms with Gasteiger partial charge in [0, 0.05) is 11.8 Å². The lowest BCUT2D eigenvalue weighted by molar-refractivity contribution is -0.118. The molecule has 1 amide bonds. The standard InChI is InChI=1S/C16H32BrNO/c17-15-13-11-9-7-5-3-1-2-4-6-8-10-12-14-16(18)19/h1-15H2,(H2,18,19). The summed E-state index contributed by atoms with van der Waals surface area (Å²) in [5.74, 6) is -0.156. The zero-order chi connectivity index (χ0) is 14.2. The quantitative estimate of drug-likeness (QED) is 0.319. The van der Waals surface area contributed by atoms with Gasteiger partial charge in [0.15, 0.2) is 0 Å². The lowest BCUT2D eigenvalue weighted by Gasteiger charge is -2.02. The number of rotatable bonds is 15. The van der Waals surface area contributed by atoms with Crippen molar-refractivity contribution in [2.45, 2.75) is 89.9 Å². The number of carbonyl (C=O) groups excluding carboxylic acids is 1. The van der Waals surface area contributed by atoms with Crippen molar-refractivity contribution in [1.29, 1.82) is 0 Å². The molecule has 0 radical (unpaired) electrons. The summed E-state index contributed by atoms with van der Waals surface area (Å²) in [7, 11) is 0. The molecule has 0 unspecified atom stereocenters. The Hall–Kier alpha value is -0.0500. The molecule has 0 spiro atoms. The summed E-state index contributed by atoms with van der Waals surface area (Å²) in [6, 6.07) is 0. The summed E-state index contributed by atoms with van der Waals surface area (Å²) in [5.41, 5.74) is 5.10. The SMILES string of the molecule is NC(=O)CCCCCCCCCCCCCCCBr. The first kappa shape index (κ1) is 18.9. The van der Waals surface area contributed by atoms with Gasteiger partial charge in [-0.1, -0.05) is 86.6 Å². The molecule has 0 saturated carbocycles. The van der Waals surface area contributed by atoms with E-state index in [0.29, 0.717) is 6.42 Å². The first-order valence-corrected chi connectivity index (χ1v) is 9.24. The molecule has 0 aromatic rings. The molecular formula is C16H32BrNO. The average molecular weight is 334 g/mol. The Bertz CT molecular complexity index is 197. The topological polar surface area (TPSA) is 43.1 Å². The Kier molecular flexibility index (Phi) is 16.0.